The second-order valence-electron chi connectivity index (χ2n) is 12.3. The van der Waals surface area contributed by atoms with Crippen LogP contribution in [0.5, 0.6) is 0 Å². The van der Waals surface area contributed by atoms with Gasteiger partial charge in [0.25, 0.3) is 0 Å². The van der Waals surface area contributed by atoms with Crippen molar-refractivity contribution in [1.29, 1.82) is 0 Å². The van der Waals surface area contributed by atoms with Gasteiger partial charge in [0.05, 0.1) is 24.9 Å². The molecule has 0 bridgehead atoms. The molecule has 8 nitrogen and oxygen atoms in total. The molecule has 1 aromatic carbocycles. The number of pyridine rings is 1. The zero-order valence-electron chi connectivity index (χ0n) is 24.2. The van der Waals surface area contributed by atoms with E-state index in [9.17, 15) is 14.0 Å². The van der Waals surface area contributed by atoms with Crippen LogP contribution in [0.15, 0.2) is 36.5 Å². The van der Waals surface area contributed by atoms with E-state index in [4.69, 9.17) is 9.47 Å². The van der Waals surface area contributed by atoms with Crippen molar-refractivity contribution in [1.82, 2.24) is 14.8 Å². The number of nitrogens with zero attached hydrogens (tertiary/aromatic N) is 4. The molecule has 3 heterocycles. The number of aromatic nitrogens is 1. The van der Waals surface area contributed by atoms with Crippen LogP contribution in [0.2, 0.25) is 0 Å². The van der Waals surface area contributed by atoms with E-state index in [1.165, 1.54) is 6.07 Å². The Bertz CT molecular complexity index is 1210. The summed E-state index contributed by atoms with van der Waals surface area (Å²) in [6, 6.07) is 8.33. The first-order valence-corrected chi connectivity index (χ1v) is 13.5. The van der Waals surface area contributed by atoms with E-state index in [1.807, 2.05) is 50.9 Å². The monoisotopic (exact) mass is 540 g/mol. The van der Waals surface area contributed by atoms with Crippen LogP contribution in [0.1, 0.15) is 58.4 Å². The van der Waals surface area contributed by atoms with E-state index >= 15 is 0 Å². The summed E-state index contributed by atoms with van der Waals surface area (Å²) in [5.41, 5.74) is 2.27. The molecule has 0 N–H and O–H groups in total. The zero-order chi connectivity index (χ0) is 28.5. The lowest BCUT2D eigenvalue weighted by atomic mass is 9.88. The van der Waals surface area contributed by atoms with Crippen molar-refractivity contribution < 1.29 is 23.5 Å². The summed E-state index contributed by atoms with van der Waals surface area (Å²) >= 11 is 0. The van der Waals surface area contributed by atoms with Crippen molar-refractivity contribution in [3.8, 4) is 0 Å². The molecule has 1 aromatic heterocycles. The summed E-state index contributed by atoms with van der Waals surface area (Å²) in [7, 11) is 1.62. The Morgan fingerprint density at radius 2 is 1.90 bits per heavy atom. The number of hydrogen-bond donors (Lipinski definition) is 0. The van der Waals surface area contributed by atoms with E-state index in [0.29, 0.717) is 43.9 Å². The highest BCUT2D eigenvalue weighted by Crippen LogP contribution is 2.40. The van der Waals surface area contributed by atoms with Crippen LogP contribution in [-0.4, -0.2) is 84.4 Å². The van der Waals surface area contributed by atoms with E-state index in [2.05, 4.69) is 23.7 Å². The van der Waals surface area contributed by atoms with Crippen molar-refractivity contribution in [3.05, 3.63) is 59.2 Å². The number of halogens is 1. The number of rotatable bonds is 6. The van der Waals surface area contributed by atoms with Gasteiger partial charge >= 0.3 is 6.09 Å². The molecule has 39 heavy (non-hydrogen) atoms. The maximum atomic E-state index is 14.3. The minimum absolute atomic E-state index is 0.0242. The van der Waals surface area contributed by atoms with Gasteiger partial charge in [-0.2, -0.15) is 0 Å². The summed E-state index contributed by atoms with van der Waals surface area (Å²) in [4.78, 5) is 36.9. The maximum Gasteiger partial charge on any atom is 0.410 e. The topological polar surface area (TPSA) is 75.2 Å². The first-order valence-electron chi connectivity index (χ1n) is 13.5. The van der Waals surface area contributed by atoms with Crippen LogP contribution in [-0.2, 0) is 26.1 Å². The molecular formula is C30H41FN4O4. The fraction of sp³-hybridized carbons (Fsp3) is 0.567. The minimum atomic E-state index is -0.587. The Morgan fingerprint density at radius 3 is 2.56 bits per heavy atom. The van der Waals surface area contributed by atoms with Gasteiger partial charge in [-0.05, 0) is 45.4 Å². The molecule has 1 saturated heterocycles. The summed E-state index contributed by atoms with van der Waals surface area (Å²) in [5.74, 6) is -0.291. The SMILES string of the molecule is COCC1CN(C(=O)OC(C)(C)C)C(C)CN1CC(=O)N1CC(C)(C)c2cnc(Cc3ccccc3F)cc21. The van der Waals surface area contributed by atoms with Gasteiger partial charge in [-0.3, -0.25) is 14.7 Å². The zero-order valence-corrected chi connectivity index (χ0v) is 24.2. The molecule has 9 heteroatoms. The van der Waals surface area contributed by atoms with E-state index in [0.717, 1.165) is 11.3 Å². The highest BCUT2D eigenvalue weighted by atomic mass is 19.1. The summed E-state index contributed by atoms with van der Waals surface area (Å²) in [5, 5.41) is 0. The van der Waals surface area contributed by atoms with Crippen molar-refractivity contribution in [2.75, 3.05) is 44.8 Å². The molecule has 0 radical (unpaired) electrons. The van der Waals surface area contributed by atoms with E-state index < -0.39 is 5.60 Å². The molecule has 2 aromatic rings. The smallest absolute Gasteiger partial charge is 0.410 e. The van der Waals surface area contributed by atoms with Crippen LogP contribution in [0, 0.1) is 5.82 Å². The standard InChI is InChI=1S/C30H41FN4O4/c1-20-15-33(23(18-38-7)16-34(20)28(37)39-29(2,3)4)17-27(36)35-19-30(5,6)24-14-32-22(13-26(24)35)12-21-10-8-9-11-25(21)31/h8-11,13-14,20,23H,12,15-19H2,1-7H3. The van der Waals surface area contributed by atoms with Crippen LogP contribution >= 0.6 is 0 Å². The van der Waals surface area contributed by atoms with Gasteiger partial charge in [-0.15, -0.1) is 0 Å². The van der Waals surface area contributed by atoms with Crippen molar-refractivity contribution in [2.45, 2.75) is 71.1 Å². The highest BCUT2D eigenvalue weighted by molar-refractivity contribution is 5.97. The molecule has 0 spiro atoms. The predicted molar refractivity (Wildman–Crippen MR) is 148 cm³/mol. The van der Waals surface area contributed by atoms with Crippen LogP contribution in [0.4, 0.5) is 14.9 Å². The average Bonchev–Trinajstić information content (AvgIpc) is 3.11. The molecular weight excluding hydrogens is 499 g/mol. The van der Waals surface area contributed by atoms with Crippen LogP contribution < -0.4 is 4.90 Å². The number of hydrogen-bond acceptors (Lipinski definition) is 6. The van der Waals surface area contributed by atoms with Crippen LogP contribution in [0.25, 0.3) is 0 Å². The largest absolute Gasteiger partial charge is 0.444 e. The number of benzene rings is 1. The third-order valence-corrected chi connectivity index (χ3v) is 7.42. The Morgan fingerprint density at radius 1 is 1.18 bits per heavy atom. The summed E-state index contributed by atoms with van der Waals surface area (Å²) in [6.07, 6.45) is 1.82. The van der Waals surface area contributed by atoms with E-state index in [-0.39, 0.29) is 41.9 Å². The number of methoxy groups -OCH3 is 1. The van der Waals surface area contributed by atoms with Crippen LogP contribution in [0.3, 0.4) is 0 Å². The Kier molecular flexibility index (Phi) is 8.33. The normalized spacial score (nSPS) is 21.1. The molecule has 2 aliphatic rings. The minimum Gasteiger partial charge on any atom is -0.444 e. The quantitative estimate of drug-likeness (QED) is 0.541. The first kappa shape index (κ1) is 29.0. The van der Waals surface area contributed by atoms with Crippen molar-refractivity contribution >= 4 is 17.7 Å². The van der Waals surface area contributed by atoms with Gasteiger partial charge in [-0.25, -0.2) is 9.18 Å². The second kappa shape index (κ2) is 11.2. The summed E-state index contributed by atoms with van der Waals surface area (Å²) < 4.78 is 25.4. The molecule has 2 aliphatic heterocycles. The molecule has 1 fully saturated rings. The lowest BCUT2D eigenvalue weighted by Crippen LogP contribution is -2.62. The number of amides is 2. The maximum absolute atomic E-state index is 14.3. The number of piperazine rings is 1. The molecule has 2 amide bonds. The Hall–Kier alpha value is -3.04. The van der Waals surface area contributed by atoms with Gasteiger partial charge in [-0.1, -0.05) is 32.0 Å². The van der Waals surface area contributed by atoms with Crippen molar-refractivity contribution in [3.63, 3.8) is 0 Å². The highest BCUT2D eigenvalue weighted by Gasteiger charge is 2.41. The van der Waals surface area contributed by atoms with Gasteiger partial charge < -0.3 is 19.3 Å². The fourth-order valence-corrected chi connectivity index (χ4v) is 5.44. The second-order valence-corrected chi connectivity index (χ2v) is 12.3. The van der Waals surface area contributed by atoms with E-state index in [1.54, 1.807) is 24.1 Å². The number of carbonyl (C=O) groups excluding carboxylic acids is 2. The fourth-order valence-electron chi connectivity index (χ4n) is 5.44. The number of anilines is 1. The lowest BCUT2D eigenvalue weighted by Gasteiger charge is -2.45. The molecule has 0 aliphatic carbocycles. The number of carbonyl (C=O) groups is 2. The molecule has 2 atom stereocenters. The Labute approximate surface area is 231 Å². The Balaban J connectivity index is 1.52. The molecule has 0 saturated carbocycles. The molecule has 4 rings (SSSR count). The average molecular weight is 541 g/mol. The third-order valence-electron chi connectivity index (χ3n) is 7.42. The molecule has 212 valence electrons. The third kappa shape index (κ3) is 6.58. The predicted octanol–water partition coefficient (Wildman–Crippen LogP) is 4.39. The van der Waals surface area contributed by atoms with Crippen molar-refractivity contribution in [2.24, 2.45) is 0 Å². The summed E-state index contributed by atoms with van der Waals surface area (Å²) in [6.45, 7) is 13.8. The van der Waals surface area contributed by atoms with Gasteiger partial charge in [0, 0.05) is 62.1 Å². The number of fused-ring (bicyclic) bond motifs is 1. The van der Waals surface area contributed by atoms with Gasteiger partial charge in [0.2, 0.25) is 5.91 Å². The lowest BCUT2D eigenvalue weighted by molar-refractivity contribution is -0.121. The van der Waals surface area contributed by atoms with Gasteiger partial charge in [0.1, 0.15) is 11.4 Å². The molecule has 2 unspecified atom stereocenters. The first-order chi connectivity index (χ1) is 18.3. The number of ether oxygens (including phenoxy) is 2. The van der Waals surface area contributed by atoms with Gasteiger partial charge in [0.15, 0.2) is 0 Å².